The van der Waals surface area contributed by atoms with Crippen molar-refractivity contribution in [3.8, 4) is 0 Å². The van der Waals surface area contributed by atoms with E-state index in [0.29, 0.717) is 18.6 Å². The third-order valence-corrected chi connectivity index (χ3v) is 4.46. The molecule has 144 valence electrons. The van der Waals surface area contributed by atoms with Gasteiger partial charge in [-0.05, 0) is 80.6 Å². The van der Waals surface area contributed by atoms with E-state index in [9.17, 15) is 4.79 Å². The van der Waals surface area contributed by atoms with E-state index in [1.54, 1.807) is 6.20 Å². The normalized spacial score (nSPS) is 13.4. The van der Waals surface area contributed by atoms with Crippen molar-refractivity contribution in [3.05, 3.63) is 82.7 Å². The van der Waals surface area contributed by atoms with Crippen molar-refractivity contribution in [3.63, 3.8) is 0 Å². The summed E-state index contributed by atoms with van der Waals surface area (Å²) in [6.07, 6.45) is 9.48. The lowest BCUT2D eigenvalue weighted by molar-refractivity contribution is 0.0526. The summed E-state index contributed by atoms with van der Waals surface area (Å²) in [5, 5.41) is 3.28. The number of carbonyl (C=O) groups is 1. The molecule has 0 fully saturated rings. The number of nitrogens with zero attached hydrogens (tertiary/aromatic N) is 2. The van der Waals surface area contributed by atoms with Crippen LogP contribution in [0.3, 0.4) is 0 Å². The fraction of sp³-hybridized carbons (Fsp3) is 0.261. The van der Waals surface area contributed by atoms with Crippen LogP contribution in [0.1, 0.15) is 47.3 Å². The number of rotatable bonds is 5. The number of amidine groups is 1. The second-order valence-corrected chi connectivity index (χ2v) is 6.69. The van der Waals surface area contributed by atoms with Crippen LogP contribution in [0, 0.1) is 6.92 Å². The predicted molar refractivity (Wildman–Crippen MR) is 113 cm³/mol. The third-order valence-electron chi connectivity index (χ3n) is 4.46. The number of aromatic nitrogens is 1. The van der Waals surface area contributed by atoms with Crippen LogP contribution in [0.4, 0.5) is 5.82 Å². The molecule has 0 saturated carbocycles. The molecule has 2 heterocycles. The predicted octanol–water partition coefficient (Wildman–Crippen LogP) is 4.83. The fourth-order valence-corrected chi connectivity index (χ4v) is 2.97. The van der Waals surface area contributed by atoms with E-state index in [0.717, 1.165) is 40.5 Å². The van der Waals surface area contributed by atoms with E-state index in [2.05, 4.69) is 27.4 Å². The second-order valence-electron chi connectivity index (χ2n) is 6.69. The summed E-state index contributed by atoms with van der Waals surface area (Å²) < 4.78 is 5.11. The monoisotopic (exact) mass is 375 g/mol. The standard InChI is InChI=1S/C23H25N3O2/c1-4-28-23(27)19-10-9-16(2)20(15-19)13-18-11-12-24-22(14-18)26-21-8-6-5-7-17(3)25-21/h6-12,14-15H,4-5,13H2,1-3H3,(H,24,25,26). The molecule has 0 bridgehead atoms. The van der Waals surface area contributed by atoms with Crippen molar-refractivity contribution in [2.24, 2.45) is 4.99 Å². The minimum Gasteiger partial charge on any atom is -0.462 e. The molecule has 1 N–H and O–H groups in total. The SMILES string of the molecule is CCOC(=O)c1ccc(C)c(Cc2ccnc(NC3=NC(C)=CCC=C3)c2)c1. The van der Waals surface area contributed by atoms with Crippen LogP contribution in [0.2, 0.25) is 0 Å². The van der Waals surface area contributed by atoms with Crippen molar-refractivity contribution in [1.82, 2.24) is 4.98 Å². The van der Waals surface area contributed by atoms with Gasteiger partial charge in [-0.15, -0.1) is 0 Å². The maximum atomic E-state index is 12.0. The third kappa shape index (κ3) is 5.16. The van der Waals surface area contributed by atoms with Crippen LogP contribution in [0.15, 0.2) is 65.4 Å². The number of anilines is 1. The topological polar surface area (TPSA) is 63.6 Å². The van der Waals surface area contributed by atoms with Crippen LogP contribution < -0.4 is 5.32 Å². The Bertz CT molecular complexity index is 958. The van der Waals surface area contributed by atoms with Gasteiger partial charge in [0.2, 0.25) is 0 Å². The quantitative estimate of drug-likeness (QED) is 0.760. The van der Waals surface area contributed by atoms with Gasteiger partial charge in [-0.2, -0.15) is 0 Å². The van der Waals surface area contributed by atoms with Crippen molar-refractivity contribution >= 4 is 17.6 Å². The van der Waals surface area contributed by atoms with Gasteiger partial charge in [0.25, 0.3) is 0 Å². The molecule has 0 unspecified atom stereocenters. The molecule has 0 saturated heterocycles. The molecule has 0 spiro atoms. The number of hydrogen-bond acceptors (Lipinski definition) is 5. The number of nitrogens with one attached hydrogen (secondary N) is 1. The van der Waals surface area contributed by atoms with E-state index in [1.807, 2.05) is 57.2 Å². The highest BCUT2D eigenvalue weighted by Gasteiger charge is 2.10. The molecular weight excluding hydrogens is 350 g/mol. The van der Waals surface area contributed by atoms with Crippen molar-refractivity contribution < 1.29 is 9.53 Å². The van der Waals surface area contributed by atoms with E-state index in [-0.39, 0.29) is 5.97 Å². The molecule has 1 aliphatic heterocycles. The summed E-state index contributed by atoms with van der Waals surface area (Å²) in [6, 6.07) is 9.67. The van der Waals surface area contributed by atoms with Crippen LogP contribution in [-0.4, -0.2) is 23.4 Å². The molecule has 28 heavy (non-hydrogen) atoms. The van der Waals surface area contributed by atoms with Gasteiger partial charge < -0.3 is 10.1 Å². The molecule has 0 amide bonds. The maximum Gasteiger partial charge on any atom is 0.338 e. The maximum absolute atomic E-state index is 12.0. The number of ether oxygens (including phenoxy) is 1. The van der Waals surface area contributed by atoms with Crippen molar-refractivity contribution in [2.75, 3.05) is 11.9 Å². The lowest BCUT2D eigenvalue weighted by Crippen LogP contribution is -2.10. The van der Waals surface area contributed by atoms with Crippen LogP contribution in [0.5, 0.6) is 0 Å². The summed E-state index contributed by atoms with van der Waals surface area (Å²) in [5.74, 6) is 1.23. The molecule has 5 nitrogen and oxygen atoms in total. The number of allylic oxidation sites excluding steroid dienone is 3. The van der Waals surface area contributed by atoms with Crippen molar-refractivity contribution in [2.45, 2.75) is 33.6 Å². The van der Waals surface area contributed by atoms with Crippen molar-refractivity contribution in [1.29, 1.82) is 0 Å². The molecule has 3 rings (SSSR count). The van der Waals surface area contributed by atoms with Gasteiger partial charge >= 0.3 is 5.97 Å². The van der Waals surface area contributed by atoms with Gasteiger partial charge in [0.1, 0.15) is 11.7 Å². The Hall–Kier alpha value is -3.21. The molecule has 0 atom stereocenters. The molecule has 0 radical (unpaired) electrons. The van der Waals surface area contributed by atoms with Crippen LogP contribution in [0.25, 0.3) is 0 Å². The zero-order valence-electron chi connectivity index (χ0n) is 16.5. The smallest absolute Gasteiger partial charge is 0.338 e. The molecule has 1 aromatic heterocycles. The highest BCUT2D eigenvalue weighted by atomic mass is 16.5. The fourth-order valence-electron chi connectivity index (χ4n) is 2.97. The van der Waals surface area contributed by atoms with E-state index in [4.69, 9.17) is 4.74 Å². The number of aryl methyl sites for hydroxylation is 1. The van der Waals surface area contributed by atoms with Gasteiger partial charge in [-0.25, -0.2) is 14.8 Å². The Morgan fingerprint density at radius 1 is 1.21 bits per heavy atom. The highest BCUT2D eigenvalue weighted by Crippen LogP contribution is 2.18. The molecule has 1 aliphatic rings. The average molecular weight is 375 g/mol. The van der Waals surface area contributed by atoms with Gasteiger partial charge in [0.05, 0.1) is 12.2 Å². The first-order chi connectivity index (χ1) is 13.5. The first-order valence-corrected chi connectivity index (χ1v) is 9.45. The number of esters is 1. The minimum atomic E-state index is -0.289. The summed E-state index contributed by atoms with van der Waals surface area (Å²) >= 11 is 0. The van der Waals surface area contributed by atoms with Gasteiger partial charge in [-0.3, -0.25) is 0 Å². The molecular formula is C23H25N3O2. The Balaban J connectivity index is 1.79. The molecule has 5 heteroatoms. The van der Waals surface area contributed by atoms with E-state index < -0.39 is 0 Å². The molecule has 2 aromatic rings. The number of pyridine rings is 1. The summed E-state index contributed by atoms with van der Waals surface area (Å²) in [5.41, 5.74) is 4.89. The van der Waals surface area contributed by atoms with E-state index >= 15 is 0 Å². The van der Waals surface area contributed by atoms with Gasteiger partial charge in [0.15, 0.2) is 0 Å². The Labute approximate surface area is 165 Å². The lowest BCUT2D eigenvalue weighted by Gasteiger charge is -2.11. The Kier molecular flexibility index (Phi) is 6.37. The zero-order chi connectivity index (χ0) is 19.9. The number of hydrogen-bond donors (Lipinski definition) is 1. The number of carbonyl (C=O) groups excluding carboxylic acids is 1. The zero-order valence-corrected chi connectivity index (χ0v) is 16.5. The first-order valence-electron chi connectivity index (χ1n) is 9.45. The molecule has 0 aliphatic carbocycles. The summed E-state index contributed by atoms with van der Waals surface area (Å²) in [7, 11) is 0. The number of benzene rings is 1. The summed E-state index contributed by atoms with van der Waals surface area (Å²) in [4.78, 5) is 21.0. The highest BCUT2D eigenvalue weighted by molar-refractivity contribution is 6.04. The molecule has 1 aromatic carbocycles. The van der Waals surface area contributed by atoms with Gasteiger partial charge in [0, 0.05) is 11.9 Å². The largest absolute Gasteiger partial charge is 0.462 e. The van der Waals surface area contributed by atoms with Crippen LogP contribution >= 0.6 is 0 Å². The summed E-state index contributed by atoms with van der Waals surface area (Å²) in [6.45, 7) is 6.21. The average Bonchev–Trinajstić information content (AvgIpc) is 2.87. The van der Waals surface area contributed by atoms with E-state index in [1.165, 1.54) is 0 Å². The lowest BCUT2D eigenvalue weighted by atomic mass is 9.98. The number of aliphatic imine (C=N–C) groups is 1. The van der Waals surface area contributed by atoms with Gasteiger partial charge in [-0.1, -0.05) is 18.2 Å². The minimum absolute atomic E-state index is 0.289. The Morgan fingerprint density at radius 2 is 2.07 bits per heavy atom. The second kappa shape index (κ2) is 9.13. The first kappa shape index (κ1) is 19.5. The Morgan fingerprint density at radius 3 is 2.89 bits per heavy atom. The van der Waals surface area contributed by atoms with Crippen LogP contribution in [-0.2, 0) is 11.2 Å².